The Labute approximate surface area is 152 Å². The predicted octanol–water partition coefficient (Wildman–Crippen LogP) is 6.05. The van der Waals surface area contributed by atoms with E-state index in [4.69, 9.17) is 4.74 Å². The number of ether oxygens (including phenoxy) is 1. The minimum absolute atomic E-state index is 0.0663. The van der Waals surface area contributed by atoms with E-state index in [1.165, 1.54) is 6.07 Å². The van der Waals surface area contributed by atoms with Gasteiger partial charge in [0.05, 0.1) is 5.56 Å². The second-order valence-electron chi connectivity index (χ2n) is 4.99. The molecule has 0 aromatic heterocycles. The van der Waals surface area contributed by atoms with Crippen molar-refractivity contribution in [2.45, 2.75) is 13.8 Å². The fourth-order valence-electron chi connectivity index (χ4n) is 2.37. The van der Waals surface area contributed by atoms with Crippen LogP contribution < -0.4 is 4.74 Å². The first-order valence-corrected chi connectivity index (χ1v) is 8.19. The van der Waals surface area contributed by atoms with Crippen LogP contribution in [0, 0.1) is 28.5 Å². The molecule has 0 fully saturated rings. The third kappa shape index (κ3) is 3.88. The number of halogens is 1. The van der Waals surface area contributed by atoms with Gasteiger partial charge < -0.3 is 4.74 Å². The van der Waals surface area contributed by atoms with Crippen molar-refractivity contribution in [1.29, 1.82) is 10.5 Å². The second kappa shape index (κ2) is 9.01. The van der Waals surface area contributed by atoms with Crippen LogP contribution in [0.3, 0.4) is 0 Å². The SMILES string of the molecule is CC.N#Cc1cc(-c2ccccc2)c(F)c(C#N)c1Oc1ccccc1. The van der Waals surface area contributed by atoms with E-state index in [0.717, 1.165) is 0 Å². The summed E-state index contributed by atoms with van der Waals surface area (Å²) in [5.41, 5.74) is 0.616. The average molecular weight is 344 g/mol. The lowest BCUT2D eigenvalue weighted by Crippen LogP contribution is -1.98. The molecule has 128 valence electrons. The second-order valence-corrected chi connectivity index (χ2v) is 4.99. The van der Waals surface area contributed by atoms with Crippen molar-refractivity contribution in [3.63, 3.8) is 0 Å². The Kier molecular flexibility index (Phi) is 6.48. The van der Waals surface area contributed by atoms with E-state index in [-0.39, 0.29) is 22.4 Å². The zero-order chi connectivity index (χ0) is 18.9. The lowest BCUT2D eigenvalue weighted by atomic mass is 9.98. The van der Waals surface area contributed by atoms with Crippen molar-refractivity contribution in [1.82, 2.24) is 0 Å². The van der Waals surface area contributed by atoms with Crippen LogP contribution in [-0.4, -0.2) is 0 Å². The molecule has 0 aliphatic carbocycles. The van der Waals surface area contributed by atoms with Crippen LogP contribution in [-0.2, 0) is 0 Å². The molecular formula is C22H17FN2O. The Morgan fingerprint density at radius 1 is 0.846 bits per heavy atom. The van der Waals surface area contributed by atoms with Crippen LogP contribution in [0.25, 0.3) is 11.1 Å². The lowest BCUT2D eigenvalue weighted by molar-refractivity contribution is 0.473. The van der Waals surface area contributed by atoms with Crippen LogP contribution in [0.4, 0.5) is 4.39 Å². The minimum atomic E-state index is -0.700. The summed E-state index contributed by atoms with van der Waals surface area (Å²) in [5.74, 6) is -0.339. The number of hydrogen-bond donors (Lipinski definition) is 0. The Balaban J connectivity index is 0.00000117. The van der Waals surface area contributed by atoms with Crippen LogP contribution in [0.1, 0.15) is 25.0 Å². The Hall–Kier alpha value is -3.63. The van der Waals surface area contributed by atoms with Crippen molar-refractivity contribution >= 4 is 0 Å². The quantitative estimate of drug-likeness (QED) is 0.581. The zero-order valence-corrected chi connectivity index (χ0v) is 14.5. The van der Waals surface area contributed by atoms with Gasteiger partial charge in [-0.05, 0) is 23.8 Å². The lowest BCUT2D eigenvalue weighted by Gasteiger charge is -2.13. The van der Waals surface area contributed by atoms with Gasteiger partial charge in [0.25, 0.3) is 0 Å². The Morgan fingerprint density at radius 3 is 1.96 bits per heavy atom. The van der Waals surface area contributed by atoms with Gasteiger partial charge in [0.15, 0.2) is 11.6 Å². The maximum Gasteiger partial charge on any atom is 0.165 e. The smallest absolute Gasteiger partial charge is 0.165 e. The van der Waals surface area contributed by atoms with Crippen LogP contribution in [0.5, 0.6) is 11.5 Å². The van der Waals surface area contributed by atoms with Crippen molar-refractivity contribution in [2.75, 3.05) is 0 Å². The van der Waals surface area contributed by atoms with Crippen LogP contribution >= 0.6 is 0 Å². The molecule has 3 nitrogen and oxygen atoms in total. The van der Waals surface area contributed by atoms with Gasteiger partial charge in [0, 0.05) is 5.56 Å². The van der Waals surface area contributed by atoms with E-state index in [1.807, 2.05) is 38.1 Å². The number of hydrogen-bond acceptors (Lipinski definition) is 3. The van der Waals surface area contributed by atoms with Gasteiger partial charge in [0.2, 0.25) is 0 Å². The van der Waals surface area contributed by atoms with E-state index in [1.54, 1.807) is 48.5 Å². The molecule has 4 heteroatoms. The van der Waals surface area contributed by atoms with Crippen LogP contribution in [0.15, 0.2) is 66.7 Å². The number of rotatable bonds is 3. The maximum atomic E-state index is 14.8. The Morgan fingerprint density at radius 2 is 1.42 bits per heavy atom. The molecular weight excluding hydrogens is 327 g/mol. The highest BCUT2D eigenvalue weighted by Crippen LogP contribution is 2.36. The monoisotopic (exact) mass is 344 g/mol. The predicted molar refractivity (Wildman–Crippen MR) is 99.1 cm³/mol. The highest BCUT2D eigenvalue weighted by Gasteiger charge is 2.21. The average Bonchev–Trinajstić information content (AvgIpc) is 2.71. The molecule has 0 bridgehead atoms. The molecule has 0 heterocycles. The molecule has 0 spiro atoms. The number of nitrogens with zero attached hydrogens (tertiary/aromatic N) is 2. The molecule has 0 aliphatic rings. The normalized spacial score (nSPS) is 9.27. The number of benzene rings is 3. The Bertz CT molecular complexity index is 955. The minimum Gasteiger partial charge on any atom is -0.454 e. The van der Waals surface area contributed by atoms with Gasteiger partial charge in [-0.1, -0.05) is 62.4 Å². The summed E-state index contributed by atoms with van der Waals surface area (Å²) in [5, 5.41) is 18.8. The van der Waals surface area contributed by atoms with Gasteiger partial charge in [-0.15, -0.1) is 0 Å². The maximum absolute atomic E-state index is 14.8. The summed E-state index contributed by atoms with van der Waals surface area (Å²) in [6.07, 6.45) is 0. The summed E-state index contributed by atoms with van der Waals surface area (Å²) in [6, 6.07) is 22.6. The first-order valence-electron chi connectivity index (χ1n) is 8.19. The molecule has 0 saturated heterocycles. The molecule has 0 unspecified atom stereocenters. The molecule has 0 amide bonds. The molecule has 0 radical (unpaired) electrons. The molecule has 26 heavy (non-hydrogen) atoms. The molecule has 0 aliphatic heterocycles. The molecule has 0 atom stereocenters. The first-order chi connectivity index (χ1) is 12.7. The summed E-state index contributed by atoms with van der Waals surface area (Å²) >= 11 is 0. The van der Waals surface area contributed by atoms with Gasteiger partial charge in [-0.25, -0.2) is 4.39 Å². The third-order valence-corrected chi connectivity index (χ3v) is 3.50. The molecule has 0 saturated carbocycles. The topological polar surface area (TPSA) is 56.8 Å². The van der Waals surface area contributed by atoms with E-state index in [2.05, 4.69) is 0 Å². The molecule has 3 rings (SSSR count). The highest BCUT2D eigenvalue weighted by atomic mass is 19.1. The van der Waals surface area contributed by atoms with Gasteiger partial charge in [0.1, 0.15) is 23.5 Å². The van der Waals surface area contributed by atoms with Crippen molar-refractivity contribution in [3.8, 4) is 34.8 Å². The zero-order valence-electron chi connectivity index (χ0n) is 14.5. The summed E-state index contributed by atoms with van der Waals surface area (Å²) < 4.78 is 20.4. The van der Waals surface area contributed by atoms with Gasteiger partial charge >= 0.3 is 0 Å². The van der Waals surface area contributed by atoms with Crippen molar-refractivity contribution < 1.29 is 9.13 Å². The fraction of sp³-hybridized carbons (Fsp3) is 0.0909. The highest BCUT2D eigenvalue weighted by molar-refractivity contribution is 5.72. The third-order valence-electron chi connectivity index (χ3n) is 3.50. The van der Waals surface area contributed by atoms with Crippen LogP contribution in [0.2, 0.25) is 0 Å². The number of para-hydroxylation sites is 1. The summed E-state index contributed by atoms with van der Waals surface area (Å²) in [7, 11) is 0. The molecule has 0 N–H and O–H groups in total. The summed E-state index contributed by atoms with van der Waals surface area (Å²) in [6.45, 7) is 4.00. The van der Waals surface area contributed by atoms with E-state index >= 15 is 0 Å². The van der Waals surface area contributed by atoms with E-state index < -0.39 is 5.82 Å². The number of nitriles is 2. The first kappa shape index (κ1) is 18.7. The van der Waals surface area contributed by atoms with Gasteiger partial charge in [-0.2, -0.15) is 10.5 Å². The van der Waals surface area contributed by atoms with Crippen molar-refractivity contribution in [3.05, 3.63) is 83.7 Å². The molecule has 3 aromatic carbocycles. The van der Waals surface area contributed by atoms with E-state index in [0.29, 0.717) is 11.3 Å². The van der Waals surface area contributed by atoms with Crippen molar-refractivity contribution in [2.24, 2.45) is 0 Å². The van der Waals surface area contributed by atoms with E-state index in [9.17, 15) is 14.9 Å². The summed E-state index contributed by atoms with van der Waals surface area (Å²) in [4.78, 5) is 0. The standard InChI is InChI=1S/C20H11FN2O.C2H6/c21-19-17(14-7-3-1-4-8-14)11-15(12-22)20(18(19)13-23)24-16-9-5-2-6-10-16;1-2/h1-11H;1-2H3. The molecule has 3 aromatic rings. The largest absolute Gasteiger partial charge is 0.454 e. The fourth-order valence-corrected chi connectivity index (χ4v) is 2.37. The van der Waals surface area contributed by atoms with Gasteiger partial charge in [-0.3, -0.25) is 0 Å².